The molecule has 7 N–H and O–H groups in total. The van der Waals surface area contributed by atoms with Crippen LogP contribution in [0, 0.1) is 23.7 Å². The van der Waals surface area contributed by atoms with Gasteiger partial charge in [-0.2, -0.15) is 0 Å². The van der Waals surface area contributed by atoms with E-state index < -0.39 is 65.3 Å². The number of carbonyl (C=O) groups excluding carboxylic acids is 6. The van der Waals surface area contributed by atoms with Gasteiger partial charge in [0.1, 0.15) is 23.7 Å². The Kier molecular flexibility index (Phi) is 17.7. The third-order valence-electron chi connectivity index (χ3n) is 10.7. The Morgan fingerprint density at radius 3 is 1.89 bits per heavy atom. The van der Waals surface area contributed by atoms with Crippen LogP contribution in [0.5, 0.6) is 0 Å². The Morgan fingerprint density at radius 1 is 0.754 bits per heavy atom. The molecule has 3 rings (SSSR count). The van der Waals surface area contributed by atoms with Crippen molar-refractivity contribution < 1.29 is 33.5 Å². The van der Waals surface area contributed by atoms with Gasteiger partial charge in [0.25, 0.3) is 0 Å². The van der Waals surface area contributed by atoms with Gasteiger partial charge in [0.05, 0.1) is 7.11 Å². The van der Waals surface area contributed by atoms with Crippen molar-refractivity contribution in [3.05, 3.63) is 71.8 Å². The second kappa shape index (κ2) is 21.7. The van der Waals surface area contributed by atoms with Crippen LogP contribution in [-0.4, -0.2) is 78.4 Å². The van der Waals surface area contributed by atoms with Crippen molar-refractivity contribution >= 4 is 35.5 Å². The van der Waals surface area contributed by atoms with E-state index in [0.717, 1.165) is 11.1 Å². The Hall–Kier alpha value is -4.78. The minimum atomic E-state index is -1.33. The highest BCUT2D eigenvalue weighted by atomic mass is 16.5. The van der Waals surface area contributed by atoms with E-state index in [1.165, 1.54) is 7.11 Å². The fourth-order valence-electron chi connectivity index (χ4n) is 7.06. The summed E-state index contributed by atoms with van der Waals surface area (Å²) >= 11 is 0. The summed E-state index contributed by atoms with van der Waals surface area (Å²) in [5.41, 5.74) is 7.20. The predicted molar refractivity (Wildman–Crippen MR) is 220 cm³/mol. The molecule has 2 unspecified atom stereocenters. The number of benzene rings is 2. The van der Waals surface area contributed by atoms with E-state index in [9.17, 15) is 28.8 Å². The van der Waals surface area contributed by atoms with Gasteiger partial charge in [-0.25, -0.2) is 4.79 Å². The molecule has 0 radical (unpaired) electrons. The molecule has 0 aromatic heterocycles. The van der Waals surface area contributed by atoms with Crippen molar-refractivity contribution in [2.75, 3.05) is 7.11 Å². The second-order valence-electron chi connectivity index (χ2n) is 16.8. The number of amides is 5. The SMILES string of the molecule is CC[C@H](C)[C@H](NC(=O)C[C@H](N)[C@H](Cc1ccccc1)NC(=O)C1(NC(=O)[C@H](CC(C)C)NC(=O)CC(C)C)CC1c1ccccc1)C(=O)N[C@H](C(=O)OC)C(C)C. The van der Waals surface area contributed by atoms with Crippen LogP contribution in [0.15, 0.2) is 60.7 Å². The summed E-state index contributed by atoms with van der Waals surface area (Å²) in [6.07, 6.45) is 1.59. The monoisotopic (exact) mass is 790 g/mol. The van der Waals surface area contributed by atoms with E-state index in [1.54, 1.807) is 13.8 Å². The lowest BCUT2D eigenvalue weighted by atomic mass is 9.94. The summed E-state index contributed by atoms with van der Waals surface area (Å²) in [5.74, 6) is -3.41. The summed E-state index contributed by atoms with van der Waals surface area (Å²) in [7, 11) is 1.25. The molecule has 0 saturated heterocycles. The quantitative estimate of drug-likeness (QED) is 0.0966. The maximum atomic E-state index is 14.6. The molecule has 2 aromatic carbocycles. The summed E-state index contributed by atoms with van der Waals surface area (Å²) in [4.78, 5) is 81.1. The van der Waals surface area contributed by atoms with Gasteiger partial charge in [0.15, 0.2) is 0 Å². The number of esters is 1. The van der Waals surface area contributed by atoms with Crippen LogP contribution >= 0.6 is 0 Å². The highest BCUT2D eigenvalue weighted by Gasteiger charge is 2.62. The highest BCUT2D eigenvalue weighted by Crippen LogP contribution is 2.52. The first-order chi connectivity index (χ1) is 26.9. The van der Waals surface area contributed by atoms with Crippen LogP contribution in [0.2, 0.25) is 0 Å². The Bertz CT molecular complexity index is 1650. The molecular formula is C44H66N6O7. The van der Waals surface area contributed by atoms with Crippen LogP contribution in [0.1, 0.15) is 105 Å². The summed E-state index contributed by atoms with van der Waals surface area (Å²) in [5, 5.41) is 14.7. The van der Waals surface area contributed by atoms with Crippen molar-refractivity contribution in [1.82, 2.24) is 26.6 Å². The number of rotatable bonds is 22. The minimum absolute atomic E-state index is 0.0869. The van der Waals surface area contributed by atoms with Crippen molar-refractivity contribution in [3.63, 3.8) is 0 Å². The van der Waals surface area contributed by atoms with E-state index in [0.29, 0.717) is 19.3 Å². The molecule has 0 bridgehead atoms. The van der Waals surface area contributed by atoms with Crippen LogP contribution in [0.25, 0.3) is 0 Å². The molecule has 1 aliphatic carbocycles. The maximum Gasteiger partial charge on any atom is 0.328 e. The molecule has 1 aliphatic rings. The first-order valence-electron chi connectivity index (χ1n) is 20.4. The topological polar surface area (TPSA) is 198 Å². The Morgan fingerprint density at radius 2 is 1.35 bits per heavy atom. The van der Waals surface area contributed by atoms with Crippen LogP contribution in [0.3, 0.4) is 0 Å². The van der Waals surface area contributed by atoms with Crippen LogP contribution in [-0.2, 0) is 39.9 Å². The van der Waals surface area contributed by atoms with Gasteiger partial charge < -0.3 is 37.1 Å². The van der Waals surface area contributed by atoms with E-state index in [1.807, 2.05) is 102 Å². The molecule has 8 atom stereocenters. The molecule has 0 aliphatic heterocycles. The lowest BCUT2D eigenvalue weighted by molar-refractivity contribution is -0.147. The van der Waals surface area contributed by atoms with E-state index in [-0.39, 0.29) is 54.8 Å². The van der Waals surface area contributed by atoms with Crippen LogP contribution in [0.4, 0.5) is 0 Å². The average Bonchev–Trinajstić information content (AvgIpc) is 3.89. The largest absolute Gasteiger partial charge is 0.467 e. The summed E-state index contributed by atoms with van der Waals surface area (Å²) < 4.78 is 4.89. The normalized spacial score (nSPS) is 19.4. The molecule has 1 fully saturated rings. The van der Waals surface area contributed by atoms with Gasteiger partial charge in [-0.15, -0.1) is 0 Å². The van der Waals surface area contributed by atoms with Gasteiger partial charge >= 0.3 is 5.97 Å². The number of nitrogens with one attached hydrogen (secondary N) is 5. The third kappa shape index (κ3) is 13.7. The maximum absolute atomic E-state index is 14.6. The molecule has 314 valence electrons. The van der Waals surface area contributed by atoms with Gasteiger partial charge in [0, 0.05) is 30.8 Å². The number of hydrogen-bond donors (Lipinski definition) is 6. The molecule has 0 spiro atoms. The van der Waals surface area contributed by atoms with Gasteiger partial charge in [-0.3, -0.25) is 24.0 Å². The fourth-order valence-corrected chi connectivity index (χ4v) is 7.06. The Balaban J connectivity index is 1.90. The molecular weight excluding hydrogens is 725 g/mol. The summed E-state index contributed by atoms with van der Waals surface area (Å²) in [6.45, 7) is 15.1. The zero-order valence-electron chi connectivity index (χ0n) is 35.2. The molecule has 1 saturated carbocycles. The highest BCUT2D eigenvalue weighted by molar-refractivity contribution is 5.98. The lowest BCUT2D eigenvalue weighted by Crippen LogP contribution is -2.60. The van der Waals surface area contributed by atoms with Crippen molar-refractivity contribution in [2.24, 2.45) is 29.4 Å². The fraction of sp³-hybridized carbons (Fsp3) is 0.591. The molecule has 0 heterocycles. The zero-order chi connectivity index (χ0) is 42.4. The first-order valence-corrected chi connectivity index (χ1v) is 20.4. The van der Waals surface area contributed by atoms with Crippen molar-refractivity contribution in [3.8, 4) is 0 Å². The number of methoxy groups -OCH3 is 1. The van der Waals surface area contributed by atoms with Crippen molar-refractivity contribution in [2.45, 2.75) is 136 Å². The molecule has 2 aromatic rings. The number of hydrogen-bond acceptors (Lipinski definition) is 8. The zero-order valence-corrected chi connectivity index (χ0v) is 35.2. The van der Waals surface area contributed by atoms with Gasteiger partial charge in [0.2, 0.25) is 29.5 Å². The molecule has 13 heteroatoms. The minimum Gasteiger partial charge on any atom is -0.467 e. The number of carbonyl (C=O) groups is 6. The van der Waals surface area contributed by atoms with Crippen molar-refractivity contribution in [1.29, 1.82) is 0 Å². The third-order valence-corrected chi connectivity index (χ3v) is 10.7. The number of nitrogens with two attached hydrogens (primary N) is 1. The second-order valence-corrected chi connectivity index (χ2v) is 16.8. The smallest absolute Gasteiger partial charge is 0.328 e. The van der Waals surface area contributed by atoms with Gasteiger partial charge in [-0.1, -0.05) is 122 Å². The standard InChI is InChI=1S/C44H66N6O7/c1-10-29(8)39(41(54)49-38(28(6)7)42(55)57-9)48-37(52)24-33(45)34(23-30-17-13-11-14-18-30)47-43(56)44(25-32(44)31-19-15-12-16-20-31)50-40(53)35(21-26(2)3)46-36(51)22-27(4)5/h11-20,26-29,32-35,38-39H,10,21-25,45H2,1-9H3,(H,46,51)(H,47,56)(H,48,52)(H,49,54)(H,50,53)/t29-,32?,33-,34-,35-,38-,39-,44?/m0/s1. The van der Waals surface area contributed by atoms with Crippen LogP contribution < -0.4 is 32.3 Å². The lowest BCUT2D eigenvalue weighted by Gasteiger charge is -2.30. The summed E-state index contributed by atoms with van der Waals surface area (Å²) in [6, 6.07) is 14.5. The number of ether oxygens (including phenoxy) is 1. The molecule has 5 amide bonds. The first kappa shape index (κ1) is 46.6. The molecule has 13 nitrogen and oxygen atoms in total. The predicted octanol–water partition coefficient (Wildman–Crippen LogP) is 3.90. The van der Waals surface area contributed by atoms with E-state index in [4.69, 9.17) is 10.5 Å². The average molecular weight is 791 g/mol. The van der Waals surface area contributed by atoms with E-state index >= 15 is 0 Å². The van der Waals surface area contributed by atoms with Gasteiger partial charge in [-0.05, 0) is 54.1 Å². The molecule has 57 heavy (non-hydrogen) atoms. The van der Waals surface area contributed by atoms with E-state index in [2.05, 4.69) is 26.6 Å². The Labute approximate surface area is 338 Å².